The molecule has 2 aromatic rings. The number of aryl methyl sites for hydroxylation is 1. The van der Waals surface area contributed by atoms with Crippen molar-refractivity contribution >= 4 is 11.3 Å². The third-order valence-electron chi connectivity index (χ3n) is 2.53. The lowest BCUT2D eigenvalue weighted by Gasteiger charge is -2.05. The van der Waals surface area contributed by atoms with Gasteiger partial charge in [-0.3, -0.25) is 0 Å². The zero-order chi connectivity index (χ0) is 13.0. The Labute approximate surface area is 112 Å². The molecule has 0 saturated carbocycles. The summed E-state index contributed by atoms with van der Waals surface area (Å²) in [7, 11) is 0. The topological polar surface area (TPSA) is 53.6 Å². The Kier molecular flexibility index (Phi) is 4.49. The smallest absolute Gasteiger partial charge is 0.113 e. The lowest BCUT2D eigenvalue weighted by atomic mass is 10.2. The third kappa shape index (κ3) is 3.92. The molecule has 0 aromatic carbocycles. The van der Waals surface area contributed by atoms with Crippen molar-refractivity contribution in [2.45, 2.75) is 33.7 Å². The summed E-state index contributed by atoms with van der Waals surface area (Å²) in [4.78, 5) is 12.2. The molecule has 0 bridgehead atoms. The zero-order valence-electron chi connectivity index (χ0n) is 11.2. The maximum Gasteiger partial charge on any atom is 0.113 e. The summed E-state index contributed by atoms with van der Waals surface area (Å²) < 4.78 is 0. The first-order valence-corrected chi connectivity index (χ1v) is 7.16. The van der Waals surface area contributed by atoms with Gasteiger partial charge in [-0.2, -0.15) is 0 Å². The van der Waals surface area contributed by atoms with E-state index in [0.717, 1.165) is 41.7 Å². The molecule has 0 spiro atoms. The summed E-state index contributed by atoms with van der Waals surface area (Å²) in [6.45, 7) is 8.30. The van der Waals surface area contributed by atoms with Crippen LogP contribution in [0.15, 0.2) is 11.6 Å². The quantitative estimate of drug-likeness (QED) is 0.843. The van der Waals surface area contributed by atoms with Crippen LogP contribution in [0.25, 0.3) is 0 Å². The molecular formula is C13H20N4S. The SMILES string of the molecule is Cc1csc(Cc2ncc(CNCC(C)C)[nH]2)n1. The van der Waals surface area contributed by atoms with Crippen molar-refractivity contribution in [3.8, 4) is 0 Å². The molecule has 18 heavy (non-hydrogen) atoms. The highest BCUT2D eigenvalue weighted by Gasteiger charge is 2.05. The number of hydrogen-bond acceptors (Lipinski definition) is 4. The molecule has 0 aliphatic heterocycles. The normalized spacial score (nSPS) is 11.3. The van der Waals surface area contributed by atoms with Crippen molar-refractivity contribution in [3.05, 3.63) is 33.8 Å². The van der Waals surface area contributed by atoms with Crippen molar-refractivity contribution in [1.82, 2.24) is 20.3 Å². The summed E-state index contributed by atoms with van der Waals surface area (Å²) >= 11 is 1.69. The van der Waals surface area contributed by atoms with Gasteiger partial charge in [-0.25, -0.2) is 9.97 Å². The van der Waals surface area contributed by atoms with Crippen molar-refractivity contribution in [3.63, 3.8) is 0 Å². The molecule has 0 atom stereocenters. The van der Waals surface area contributed by atoms with Gasteiger partial charge < -0.3 is 10.3 Å². The molecule has 98 valence electrons. The molecule has 2 aromatic heterocycles. The summed E-state index contributed by atoms with van der Waals surface area (Å²) in [5.41, 5.74) is 2.22. The number of imidazole rings is 1. The van der Waals surface area contributed by atoms with E-state index in [1.54, 1.807) is 11.3 Å². The molecule has 0 amide bonds. The number of H-pyrrole nitrogens is 1. The molecule has 2 heterocycles. The molecule has 2 N–H and O–H groups in total. The molecule has 0 saturated heterocycles. The van der Waals surface area contributed by atoms with Crippen LogP contribution in [0.4, 0.5) is 0 Å². The van der Waals surface area contributed by atoms with Gasteiger partial charge in [-0.05, 0) is 19.4 Å². The standard InChI is InChI=1S/C13H20N4S/c1-9(2)5-14-6-11-7-15-12(17-11)4-13-16-10(3)8-18-13/h7-9,14H,4-6H2,1-3H3,(H,15,17). The van der Waals surface area contributed by atoms with Crippen molar-refractivity contribution in [1.29, 1.82) is 0 Å². The van der Waals surface area contributed by atoms with Gasteiger partial charge in [0.1, 0.15) is 10.8 Å². The van der Waals surface area contributed by atoms with Gasteiger partial charge in [-0.15, -0.1) is 11.3 Å². The van der Waals surface area contributed by atoms with Crippen LogP contribution in [0.1, 0.15) is 36.1 Å². The van der Waals surface area contributed by atoms with E-state index in [-0.39, 0.29) is 0 Å². The van der Waals surface area contributed by atoms with E-state index < -0.39 is 0 Å². The lowest BCUT2D eigenvalue weighted by Crippen LogP contribution is -2.19. The fraction of sp³-hybridized carbons (Fsp3) is 0.538. The third-order valence-corrected chi connectivity index (χ3v) is 3.50. The predicted molar refractivity (Wildman–Crippen MR) is 74.8 cm³/mol. The maximum atomic E-state index is 4.44. The van der Waals surface area contributed by atoms with Crippen molar-refractivity contribution in [2.75, 3.05) is 6.54 Å². The van der Waals surface area contributed by atoms with Gasteiger partial charge in [0.2, 0.25) is 0 Å². The van der Waals surface area contributed by atoms with Crippen LogP contribution in [-0.4, -0.2) is 21.5 Å². The first kappa shape index (κ1) is 13.2. The molecular weight excluding hydrogens is 244 g/mol. The Morgan fingerprint density at radius 1 is 1.44 bits per heavy atom. The van der Waals surface area contributed by atoms with Gasteiger partial charge in [0.25, 0.3) is 0 Å². The number of aromatic amines is 1. The zero-order valence-corrected chi connectivity index (χ0v) is 12.0. The average Bonchev–Trinajstić information content (AvgIpc) is 2.89. The Balaban J connectivity index is 1.86. The second-order valence-electron chi connectivity index (χ2n) is 4.94. The van der Waals surface area contributed by atoms with Crippen LogP contribution in [0.2, 0.25) is 0 Å². The number of thiazole rings is 1. The minimum atomic E-state index is 0.672. The summed E-state index contributed by atoms with van der Waals surface area (Å²) in [5, 5.41) is 6.59. The second kappa shape index (κ2) is 6.11. The van der Waals surface area contributed by atoms with E-state index in [1.807, 2.05) is 13.1 Å². The summed E-state index contributed by atoms with van der Waals surface area (Å²) in [6.07, 6.45) is 2.70. The predicted octanol–water partition coefficient (Wildman–Crippen LogP) is 2.51. The molecule has 4 nitrogen and oxygen atoms in total. The molecule has 0 radical (unpaired) electrons. The molecule has 5 heteroatoms. The highest BCUT2D eigenvalue weighted by Crippen LogP contribution is 2.12. The fourth-order valence-electron chi connectivity index (χ4n) is 1.71. The van der Waals surface area contributed by atoms with Crippen LogP contribution in [0.5, 0.6) is 0 Å². The number of rotatable bonds is 6. The van der Waals surface area contributed by atoms with E-state index in [9.17, 15) is 0 Å². The van der Waals surface area contributed by atoms with Crippen LogP contribution >= 0.6 is 11.3 Å². The van der Waals surface area contributed by atoms with Gasteiger partial charge in [0.05, 0.1) is 6.42 Å². The lowest BCUT2D eigenvalue weighted by molar-refractivity contribution is 0.548. The molecule has 0 unspecified atom stereocenters. The van der Waals surface area contributed by atoms with Crippen LogP contribution < -0.4 is 5.32 Å². The maximum absolute atomic E-state index is 4.44. The van der Waals surface area contributed by atoms with Crippen LogP contribution in [0, 0.1) is 12.8 Å². The van der Waals surface area contributed by atoms with Crippen LogP contribution in [0.3, 0.4) is 0 Å². The highest BCUT2D eigenvalue weighted by molar-refractivity contribution is 7.09. The van der Waals surface area contributed by atoms with Gasteiger partial charge in [-0.1, -0.05) is 13.8 Å². The summed E-state index contributed by atoms with van der Waals surface area (Å²) in [5.74, 6) is 1.66. The first-order valence-electron chi connectivity index (χ1n) is 6.28. The molecule has 2 rings (SSSR count). The Morgan fingerprint density at radius 3 is 2.94 bits per heavy atom. The van der Waals surface area contributed by atoms with E-state index in [1.165, 1.54) is 0 Å². The minimum absolute atomic E-state index is 0.672. The van der Waals surface area contributed by atoms with Crippen LogP contribution in [-0.2, 0) is 13.0 Å². The first-order chi connectivity index (χ1) is 8.63. The molecule has 0 aliphatic rings. The molecule has 0 fully saturated rings. The van der Waals surface area contributed by atoms with Gasteiger partial charge >= 0.3 is 0 Å². The van der Waals surface area contributed by atoms with E-state index in [2.05, 4.69) is 39.5 Å². The van der Waals surface area contributed by atoms with E-state index in [0.29, 0.717) is 5.92 Å². The second-order valence-corrected chi connectivity index (χ2v) is 5.88. The number of aromatic nitrogens is 3. The number of nitrogens with one attached hydrogen (secondary N) is 2. The summed E-state index contributed by atoms with van der Waals surface area (Å²) in [6, 6.07) is 0. The van der Waals surface area contributed by atoms with Crippen molar-refractivity contribution < 1.29 is 0 Å². The molecule has 0 aliphatic carbocycles. The number of hydrogen-bond donors (Lipinski definition) is 2. The highest BCUT2D eigenvalue weighted by atomic mass is 32.1. The largest absolute Gasteiger partial charge is 0.344 e. The van der Waals surface area contributed by atoms with Gasteiger partial charge in [0.15, 0.2) is 0 Å². The average molecular weight is 264 g/mol. The minimum Gasteiger partial charge on any atom is -0.344 e. The monoisotopic (exact) mass is 264 g/mol. The van der Waals surface area contributed by atoms with E-state index in [4.69, 9.17) is 0 Å². The van der Waals surface area contributed by atoms with Gasteiger partial charge in [0, 0.05) is 29.5 Å². The Hall–Kier alpha value is -1.20. The Bertz CT molecular complexity index is 487. The number of nitrogens with zero attached hydrogens (tertiary/aromatic N) is 2. The fourth-order valence-corrected chi connectivity index (χ4v) is 2.48. The van der Waals surface area contributed by atoms with E-state index >= 15 is 0 Å². The van der Waals surface area contributed by atoms with Crippen molar-refractivity contribution in [2.24, 2.45) is 5.92 Å². The Morgan fingerprint density at radius 2 is 2.28 bits per heavy atom.